The molecular weight excluding hydrogens is 396 g/mol. The SMILES string of the molecule is CC(C)(C)c1ccc(C(=O)NCC(=O)NNC(=S)Nc2cccc(Cl)c2)cc1. The van der Waals surface area contributed by atoms with Crippen LogP contribution >= 0.6 is 23.8 Å². The van der Waals surface area contributed by atoms with E-state index < -0.39 is 5.91 Å². The lowest BCUT2D eigenvalue weighted by atomic mass is 9.87. The van der Waals surface area contributed by atoms with Crippen molar-refractivity contribution in [3.8, 4) is 0 Å². The number of benzene rings is 2. The second-order valence-electron chi connectivity index (χ2n) is 7.15. The number of carbonyl (C=O) groups excluding carboxylic acids is 2. The number of rotatable bonds is 4. The van der Waals surface area contributed by atoms with E-state index in [2.05, 4.69) is 42.3 Å². The number of amides is 2. The van der Waals surface area contributed by atoms with Crippen LogP contribution in [0.1, 0.15) is 36.7 Å². The molecule has 2 rings (SSSR count). The Labute approximate surface area is 175 Å². The summed E-state index contributed by atoms with van der Waals surface area (Å²) in [5.74, 6) is -0.759. The minimum absolute atomic E-state index is 0.0120. The fraction of sp³-hybridized carbons (Fsp3) is 0.250. The zero-order chi connectivity index (χ0) is 20.7. The van der Waals surface area contributed by atoms with Crippen molar-refractivity contribution in [3.63, 3.8) is 0 Å². The lowest BCUT2D eigenvalue weighted by Gasteiger charge is -2.19. The van der Waals surface area contributed by atoms with E-state index >= 15 is 0 Å². The number of anilines is 1. The maximum Gasteiger partial charge on any atom is 0.257 e. The Kier molecular flexibility index (Phi) is 7.37. The van der Waals surface area contributed by atoms with Crippen LogP contribution < -0.4 is 21.5 Å². The van der Waals surface area contributed by atoms with Crippen LogP contribution in [0, 0.1) is 0 Å². The van der Waals surface area contributed by atoms with Gasteiger partial charge in [-0.2, -0.15) is 0 Å². The van der Waals surface area contributed by atoms with Crippen molar-refractivity contribution in [1.82, 2.24) is 16.2 Å². The van der Waals surface area contributed by atoms with E-state index in [1.54, 1.807) is 36.4 Å². The summed E-state index contributed by atoms with van der Waals surface area (Å²) in [6, 6.07) is 14.3. The van der Waals surface area contributed by atoms with Crippen LogP contribution in [-0.4, -0.2) is 23.5 Å². The zero-order valence-corrected chi connectivity index (χ0v) is 17.5. The van der Waals surface area contributed by atoms with E-state index in [0.717, 1.165) is 5.56 Å². The Balaban J connectivity index is 1.75. The van der Waals surface area contributed by atoms with Crippen molar-refractivity contribution in [1.29, 1.82) is 0 Å². The quantitative estimate of drug-likeness (QED) is 0.452. The molecule has 0 radical (unpaired) electrons. The van der Waals surface area contributed by atoms with Crippen molar-refractivity contribution in [2.45, 2.75) is 26.2 Å². The van der Waals surface area contributed by atoms with Crippen LogP contribution in [0.2, 0.25) is 5.02 Å². The largest absolute Gasteiger partial charge is 0.343 e. The van der Waals surface area contributed by atoms with E-state index in [1.807, 2.05) is 12.1 Å². The van der Waals surface area contributed by atoms with Gasteiger partial charge >= 0.3 is 0 Å². The van der Waals surface area contributed by atoms with Gasteiger partial charge in [0.1, 0.15) is 0 Å². The molecule has 0 fully saturated rings. The van der Waals surface area contributed by atoms with Crippen LogP contribution in [0.25, 0.3) is 0 Å². The predicted octanol–water partition coefficient (Wildman–Crippen LogP) is 3.39. The number of hydrogen-bond acceptors (Lipinski definition) is 3. The molecule has 0 aliphatic heterocycles. The molecule has 8 heteroatoms. The lowest BCUT2D eigenvalue weighted by Crippen LogP contribution is -2.47. The molecule has 0 aliphatic carbocycles. The Morgan fingerprint density at radius 2 is 1.71 bits per heavy atom. The maximum atomic E-state index is 12.2. The summed E-state index contributed by atoms with van der Waals surface area (Å²) < 4.78 is 0. The average Bonchev–Trinajstić information content (AvgIpc) is 2.64. The monoisotopic (exact) mass is 418 g/mol. The molecule has 0 saturated carbocycles. The molecule has 0 atom stereocenters. The third kappa shape index (κ3) is 6.83. The molecule has 0 aromatic heterocycles. The normalized spacial score (nSPS) is 10.7. The van der Waals surface area contributed by atoms with Crippen LogP contribution in [0.3, 0.4) is 0 Å². The second-order valence-corrected chi connectivity index (χ2v) is 7.99. The number of thiocarbonyl (C=S) groups is 1. The van der Waals surface area contributed by atoms with Gasteiger partial charge in [0.15, 0.2) is 5.11 Å². The first-order chi connectivity index (χ1) is 13.1. The van der Waals surface area contributed by atoms with Gasteiger partial charge in [0.2, 0.25) is 0 Å². The highest BCUT2D eigenvalue weighted by molar-refractivity contribution is 7.80. The van der Waals surface area contributed by atoms with Gasteiger partial charge in [-0.25, -0.2) is 0 Å². The molecular formula is C20H23ClN4O2S. The number of hydrazine groups is 1. The van der Waals surface area contributed by atoms with Crippen LogP contribution in [-0.2, 0) is 10.2 Å². The summed E-state index contributed by atoms with van der Waals surface area (Å²) in [4.78, 5) is 24.0. The molecule has 0 aliphatic rings. The molecule has 2 aromatic carbocycles. The van der Waals surface area contributed by atoms with Crippen molar-refractivity contribution >= 4 is 46.4 Å². The Bertz CT molecular complexity index is 863. The van der Waals surface area contributed by atoms with Crippen LogP contribution in [0.4, 0.5) is 5.69 Å². The number of nitrogens with one attached hydrogen (secondary N) is 4. The predicted molar refractivity (Wildman–Crippen MR) is 116 cm³/mol. The van der Waals surface area contributed by atoms with Gasteiger partial charge in [0.05, 0.1) is 6.54 Å². The molecule has 0 heterocycles. The van der Waals surface area contributed by atoms with Gasteiger partial charge in [-0.1, -0.05) is 50.6 Å². The average molecular weight is 419 g/mol. The van der Waals surface area contributed by atoms with Gasteiger partial charge in [-0.3, -0.25) is 20.4 Å². The van der Waals surface area contributed by atoms with Crippen molar-refractivity contribution < 1.29 is 9.59 Å². The summed E-state index contributed by atoms with van der Waals surface area (Å²) in [6.07, 6.45) is 0. The molecule has 0 unspecified atom stereocenters. The van der Waals surface area contributed by atoms with Crippen molar-refractivity contribution in [2.24, 2.45) is 0 Å². The van der Waals surface area contributed by atoms with Gasteiger partial charge in [0, 0.05) is 16.3 Å². The zero-order valence-electron chi connectivity index (χ0n) is 15.9. The van der Waals surface area contributed by atoms with Gasteiger partial charge < -0.3 is 10.6 Å². The Morgan fingerprint density at radius 3 is 2.32 bits per heavy atom. The van der Waals surface area contributed by atoms with Crippen molar-refractivity contribution in [2.75, 3.05) is 11.9 Å². The Morgan fingerprint density at radius 1 is 1.04 bits per heavy atom. The number of hydrogen-bond donors (Lipinski definition) is 4. The third-order valence-electron chi connectivity index (χ3n) is 3.82. The highest BCUT2D eigenvalue weighted by Crippen LogP contribution is 2.22. The highest BCUT2D eigenvalue weighted by Gasteiger charge is 2.14. The topological polar surface area (TPSA) is 82.3 Å². The summed E-state index contributed by atoms with van der Waals surface area (Å²) in [7, 11) is 0. The summed E-state index contributed by atoms with van der Waals surface area (Å²) in [6.45, 7) is 6.12. The molecule has 0 saturated heterocycles. The van der Waals surface area contributed by atoms with Gasteiger partial charge in [-0.05, 0) is 53.5 Å². The van der Waals surface area contributed by atoms with Crippen LogP contribution in [0.5, 0.6) is 0 Å². The van der Waals surface area contributed by atoms with Crippen LogP contribution in [0.15, 0.2) is 48.5 Å². The van der Waals surface area contributed by atoms with Gasteiger partial charge in [0.25, 0.3) is 11.8 Å². The molecule has 4 N–H and O–H groups in total. The fourth-order valence-electron chi connectivity index (χ4n) is 2.28. The molecule has 6 nitrogen and oxygen atoms in total. The minimum Gasteiger partial charge on any atom is -0.343 e. The molecule has 0 bridgehead atoms. The Hall–Kier alpha value is -2.64. The second kappa shape index (κ2) is 9.52. The standard InChI is InChI=1S/C20H23ClN4O2S/c1-20(2,3)14-9-7-13(8-10-14)18(27)22-12-17(26)24-25-19(28)23-16-6-4-5-15(21)11-16/h4-11H,12H2,1-3H3,(H,22,27)(H,24,26)(H2,23,25,28). The smallest absolute Gasteiger partial charge is 0.257 e. The minimum atomic E-state index is -0.435. The number of halogens is 1. The first-order valence-electron chi connectivity index (χ1n) is 8.65. The molecule has 148 valence electrons. The molecule has 2 amide bonds. The summed E-state index contributed by atoms with van der Waals surface area (Å²) in [5.41, 5.74) is 7.30. The van der Waals surface area contributed by atoms with E-state index in [1.165, 1.54) is 0 Å². The molecule has 28 heavy (non-hydrogen) atoms. The first kappa shape index (κ1) is 21.7. The fourth-order valence-corrected chi connectivity index (χ4v) is 2.64. The molecule has 0 spiro atoms. The highest BCUT2D eigenvalue weighted by atomic mass is 35.5. The first-order valence-corrected chi connectivity index (χ1v) is 9.44. The third-order valence-corrected chi connectivity index (χ3v) is 4.26. The van der Waals surface area contributed by atoms with Gasteiger partial charge in [-0.15, -0.1) is 0 Å². The lowest BCUT2D eigenvalue weighted by molar-refractivity contribution is -0.120. The van der Waals surface area contributed by atoms with Crippen molar-refractivity contribution in [3.05, 3.63) is 64.7 Å². The molecule has 2 aromatic rings. The summed E-state index contributed by atoms with van der Waals surface area (Å²) in [5, 5.41) is 6.20. The maximum absolute atomic E-state index is 12.2. The van der Waals surface area contributed by atoms with E-state index in [0.29, 0.717) is 16.3 Å². The van der Waals surface area contributed by atoms with E-state index in [-0.39, 0.29) is 23.0 Å². The summed E-state index contributed by atoms with van der Waals surface area (Å²) >= 11 is 11.0. The van der Waals surface area contributed by atoms with E-state index in [4.69, 9.17) is 23.8 Å². The number of carbonyl (C=O) groups is 2. The van der Waals surface area contributed by atoms with E-state index in [9.17, 15) is 9.59 Å².